The fourth-order valence-corrected chi connectivity index (χ4v) is 2.77. The fraction of sp³-hybridized carbons (Fsp3) is 0.636. The summed E-state index contributed by atoms with van der Waals surface area (Å²) in [6, 6.07) is 0. The first-order chi connectivity index (χ1) is 7.01. The molecule has 0 aromatic rings. The zero-order chi connectivity index (χ0) is 11.1. The van der Waals surface area contributed by atoms with Crippen LogP contribution in [0.5, 0.6) is 0 Å². The van der Waals surface area contributed by atoms with Gasteiger partial charge in [0.15, 0.2) is 5.11 Å². The molecule has 0 spiro atoms. The molecule has 0 aromatic heterocycles. The molecule has 4 heteroatoms. The summed E-state index contributed by atoms with van der Waals surface area (Å²) in [6.07, 6.45) is 6.63. The van der Waals surface area contributed by atoms with Crippen molar-refractivity contribution < 1.29 is 0 Å². The van der Waals surface area contributed by atoms with Crippen LogP contribution in [0.25, 0.3) is 0 Å². The van der Waals surface area contributed by atoms with Crippen LogP contribution < -0.4 is 11.2 Å². The average Bonchev–Trinajstić information content (AvgIpc) is 2.17. The van der Waals surface area contributed by atoms with E-state index in [1.807, 2.05) is 6.21 Å². The molecule has 3 aliphatic carbocycles. The van der Waals surface area contributed by atoms with Gasteiger partial charge in [-0.15, -0.1) is 0 Å². The van der Waals surface area contributed by atoms with Gasteiger partial charge in [-0.25, -0.2) is 0 Å². The topological polar surface area (TPSA) is 50.4 Å². The van der Waals surface area contributed by atoms with Crippen LogP contribution in [0.15, 0.2) is 16.8 Å². The SMILES string of the molecule is CC1(C)[C@H]2CC=C(/C=N/NC(N)=S)[C@@H]1C2. The summed E-state index contributed by atoms with van der Waals surface area (Å²) in [5.74, 6) is 1.52. The summed E-state index contributed by atoms with van der Waals surface area (Å²) in [7, 11) is 0. The summed E-state index contributed by atoms with van der Waals surface area (Å²) in [5.41, 5.74) is 9.66. The maximum Gasteiger partial charge on any atom is 0.184 e. The zero-order valence-corrected chi connectivity index (χ0v) is 9.97. The van der Waals surface area contributed by atoms with Crippen molar-refractivity contribution in [3.8, 4) is 0 Å². The second-order valence-corrected chi connectivity index (χ2v) is 5.42. The molecule has 0 saturated heterocycles. The Labute approximate surface area is 95.8 Å². The second-order valence-electron chi connectivity index (χ2n) is 4.98. The van der Waals surface area contributed by atoms with Gasteiger partial charge < -0.3 is 5.73 Å². The average molecular weight is 223 g/mol. The monoisotopic (exact) mass is 223 g/mol. The minimum absolute atomic E-state index is 0.216. The number of hydrazone groups is 1. The number of nitrogens with one attached hydrogen (secondary N) is 1. The molecule has 15 heavy (non-hydrogen) atoms. The van der Waals surface area contributed by atoms with Crippen LogP contribution in [0.1, 0.15) is 26.7 Å². The van der Waals surface area contributed by atoms with E-state index < -0.39 is 0 Å². The van der Waals surface area contributed by atoms with Gasteiger partial charge in [-0.3, -0.25) is 5.43 Å². The Morgan fingerprint density at radius 3 is 3.00 bits per heavy atom. The molecule has 0 unspecified atom stereocenters. The maximum absolute atomic E-state index is 5.29. The molecule has 3 N–H and O–H groups in total. The molecule has 1 saturated carbocycles. The quantitative estimate of drug-likeness (QED) is 0.426. The van der Waals surface area contributed by atoms with Gasteiger partial charge in [0.1, 0.15) is 0 Å². The Bertz CT molecular complexity index is 344. The highest BCUT2D eigenvalue weighted by molar-refractivity contribution is 7.80. The first-order valence-corrected chi connectivity index (χ1v) is 5.71. The lowest BCUT2D eigenvalue weighted by Crippen LogP contribution is -2.48. The van der Waals surface area contributed by atoms with Crippen LogP contribution in [0.3, 0.4) is 0 Å². The third-order valence-electron chi connectivity index (χ3n) is 3.90. The molecule has 3 rings (SSSR count). The summed E-state index contributed by atoms with van der Waals surface area (Å²) >= 11 is 4.68. The van der Waals surface area contributed by atoms with Crippen LogP contribution in [-0.4, -0.2) is 11.3 Å². The molecule has 0 aromatic carbocycles. The molecule has 0 radical (unpaired) electrons. The number of hydrogen-bond acceptors (Lipinski definition) is 2. The molecule has 3 nitrogen and oxygen atoms in total. The minimum Gasteiger partial charge on any atom is -0.375 e. The number of hydrogen-bond donors (Lipinski definition) is 2. The highest BCUT2D eigenvalue weighted by Crippen LogP contribution is 2.58. The van der Waals surface area contributed by atoms with Gasteiger partial charge in [0, 0.05) is 0 Å². The van der Waals surface area contributed by atoms with Crippen molar-refractivity contribution in [2.75, 3.05) is 0 Å². The first kappa shape index (κ1) is 10.6. The van der Waals surface area contributed by atoms with Gasteiger partial charge in [0.05, 0.1) is 6.21 Å². The predicted molar refractivity (Wildman–Crippen MR) is 66.5 cm³/mol. The molecular formula is C11H17N3S. The Morgan fingerprint density at radius 1 is 1.73 bits per heavy atom. The Hall–Kier alpha value is -0.900. The lowest BCUT2D eigenvalue weighted by atomic mass is 9.49. The van der Waals surface area contributed by atoms with Crippen molar-refractivity contribution in [1.82, 2.24) is 5.43 Å². The summed E-state index contributed by atoms with van der Waals surface area (Å²) in [4.78, 5) is 0. The van der Waals surface area contributed by atoms with Crippen molar-refractivity contribution in [2.24, 2.45) is 28.1 Å². The van der Waals surface area contributed by atoms with E-state index in [4.69, 9.17) is 5.73 Å². The summed E-state index contributed by atoms with van der Waals surface area (Å²) in [6.45, 7) is 4.68. The van der Waals surface area contributed by atoms with Gasteiger partial charge in [0.25, 0.3) is 0 Å². The molecular weight excluding hydrogens is 206 g/mol. The van der Waals surface area contributed by atoms with Gasteiger partial charge in [-0.1, -0.05) is 19.9 Å². The van der Waals surface area contributed by atoms with E-state index in [2.05, 4.69) is 42.7 Å². The zero-order valence-electron chi connectivity index (χ0n) is 9.16. The third kappa shape index (κ3) is 1.78. The van der Waals surface area contributed by atoms with E-state index in [9.17, 15) is 0 Å². The molecule has 2 bridgehead atoms. The van der Waals surface area contributed by atoms with E-state index >= 15 is 0 Å². The fourth-order valence-electron chi connectivity index (χ4n) is 2.72. The molecule has 0 aliphatic heterocycles. The molecule has 0 amide bonds. The van der Waals surface area contributed by atoms with Crippen molar-refractivity contribution in [3.05, 3.63) is 11.6 Å². The lowest BCUT2D eigenvalue weighted by Gasteiger charge is -2.55. The number of fused-ring (bicyclic) bond motifs is 1. The molecule has 0 heterocycles. The van der Waals surface area contributed by atoms with Crippen molar-refractivity contribution in [2.45, 2.75) is 26.7 Å². The Balaban J connectivity index is 2.02. The van der Waals surface area contributed by atoms with E-state index in [1.165, 1.54) is 18.4 Å². The third-order valence-corrected chi connectivity index (χ3v) is 3.99. The van der Waals surface area contributed by atoms with E-state index in [0.717, 1.165) is 5.92 Å². The van der Waals surface area contributed by atoms with Gasteiger partial charge in [-0.05, 0) is 47.9 Å². The van der Waals surface area contributed by atoms with Crippen molar-refractivity contribution in [3.63, 3.8) is 0 Å². The van der Waals surface area contributed by atoms with E-state index in [1.54, 1.807) is 0 Å². The van der Waals surface area contributed by atoms with Gasteiger partial charge >= 0.3 is 0 Å². The van der Waals surface area contributed by atoms with Crippen LogP contribution in [0.4, 0.5) is 0 Å². The maximum atomic E-state index is 5.29. The molecule has 1 fully saturated rings. The van der Waals surface area contributed by atoms with Crippen molar-refractivity contribution in [1.29, 1.82) is 0 Å². The minimum atomic E-state index is 0.216. The first-order valence-electron chi connectivity index (χ1n) is 5.30. The highest BCUT2D eigenvalue weighted by atomic mass is 32.1. The van der Waals surface area contributed by atoms with Crippen molar-refractivity contribution >= 4 is 23.5 Å². The molecule has 82 valence electrons. The second kappa shape index (κ2) is 3.59. The van der Waals surface area contributed by atoms with Crippen LogP contribution in [0, 0.1) is 17.3 Å². The van der Waals surface area contributed by atoms with Crippen LogP contribution in [-0.2, 0) is 0 Å². The Kier molecular flexibility index (Phi) is 2.54. The molecule has 3 aliphatic rings. The number of nitrogens with two attached hydrogens (primary N) is 1. The normalized spacial score (nSPS) is 32.0. The number of allylic oxidation sites excluding steroid dienone is 2. The number of thiocarbonyl (C=S) groups is 1. The van der Waals surface area contributed by atoms with E-state index in [-0.39, 0.29) is 5.11 Å². The Morgan fingerprint density at radius 2 is 2.47 bits per heavy atom. The summed E-state index contributed by atoms with van der Waals surface area (Å²) < 4.78 is 0. The van der Waals surface area contributed by atoms with Gasteiger partial charge in [-0.2, -0.15) is 5.10 Å². The number of nitrogens with zero attached hydrogens (tertiary/aromatic N) is 1. The highest BCUT2D eigenvalue weighted by Gasteiger charge is 2.50. The smallest absolute Gasteiger partial charge is 0.184 e. The molecule has 2 atom stereocenters. The van der Waals surface area contributed by atoms with Crippen LogP contribution in [0.2, 0.25) is 0 Å². The lowest BCUT2D eigenvalue weighted by molar-refractivity contribution is -0.00126. The van der Waals surface area contributed by atoms with Gasteiger partial charge in [0.2, 0.25) is 0 Å². The largest absolute Gasteiger partial charge is 0.375 e. The van der Waals surface area contributed by atoms with Crippen LogP contribution >= 0.6 is 12.2 Å². The predicted octanol–water partition coefficient (Wildman–Crippen LogP) is 1.80. The summed E-state index contributed by atoms with van der Waals surface area (Å²) in [5, 5.41) is 4.24. The van der Waals surface area contributed by atoms with E-state index in [0.29, 0.717) is 11.3 Å². The number of rotatable bonds is 2. The standard InChI is InChI=1S/C11H17N3S/c1-11(2)8-4-3-7(9(11)5-8)6-13-14-10(12)15/h3,6,8-9H,4-5H2,1-2H3,(H3,12,14,15)/b13-6+/t8-,9-/m0/s1.